The molecule has 7 heteroatoms. The Hall–Kier alpha value is -2.06. The van der Waals surface area contributed by atoms with Gasteiger partial charge in [0.2, 0.25) is 10.0 Å². The lowest BCUT2D eigenvalue weighted by Gasteiger charge is -2.28. The molecule has 1 atom stereocenters. The fourth-order valence-electron chi connectivity index (χ4n) is 3.19. The lowest BCUT2D eigenvalue weighted by atomic mass is 10.1. The van der Waals surface area contributed by atoms with E-state index in [4.69, 9.17) is 4.74 Å². The van der Waals surface area contributed by atoms with Gasteiger partial charge < -0.3 is 9.64 Å². The summed E-state index contributed by atoms with van der Waals surface area (Å²) in [4.78, 5) is 12.9. The molecule has 0 aromatic heterocycles. The first-order chi connectivity index (χ1) is 13.0. The Morgan fingerprint density at radius 3 is 2.30 bits per heavy atom. The summed E-state index contributed by atoms with van der Waals surface area (Å²) in [7, 11) is -3.71. The second-order valence-corrected chi connectivity index (χ2v) is 8.45. The maximum absolute atomic E-state index is 12.9. The zero-order valence-electron chi connectivity index (χ0n) is 15.4. The van der Waals surface area contributed by atoms with Crippen molar-refractivity contribution in [2.75, 3.05) is 32.8 Å². The van der Waals surface area contributed by atoms with Crippen LogP contribution in [-0.2, 0) is 14.8 Å². The van der Waals surface area contributed by atoms with Crippen molar-refractivity contribution in [1.29, 1.82) is 0 Å². The average molecular weight is 389 g/mol. The van der Waals surface area contributed by atoms with E-state index in [2.05, 4.69) is 4.72 Å². The minimum absolute atomic E-state index is 0.0926. The van der Waals surface area contributed by atoms with E-state index >= 15 is 0 Å². The third-order valence-corrected chi connectivity index (χ3v) is 6.25. The molecule has 0 saturated carbocycles. The average Bonchev–Trinajstić information content (AvgIpc) is 2.69. The van der Waals surface area contributed by atoms with Crippen LogP contribution in [0.5, 0.6) is 0 Å². The second-order valence-electron chi connectivity index (χ2n) is 6.73. The molecule has 0 aliphatic carbocycles. The monoisotopic (exact) mass is 389 g/mol. The first kappa shape index (κ1) is 19.7. The lowest BCUT2D eigenvalue weighted by Crippen LogP contribution is -3.14. The maximum atomic E-state index is 12.9. The number of hydrogen-bond donors (Lipinski definition) is 2. The molecule has 0 radical (unpaired) electrons. The van der Waals surface area contributed by atoms with E-state index in [0.717, 1.165) is 18.7 Å². The quantitative estimate of drug-likeness (QED) is 0.688. The summed E-state index contributed by atoms with van der Waals surface area (Å²) < 4.78 is 34.1. The van der Waals surface area contributed by atoms with Crippen molar-refractivity contribution < 1.29 is 22.8 Å². The first-order valence-corrected chi connectivity index (χ1v) is 10.5. The van der Waals surface area contributed by atoms with Gasteiger partial charge in [-0.25, -0.2) is 8.42 Å². The van der Waals surface area contributed by atoms with Crippen molar-refractivity contribution in [3.8, 4) is 0 Å². The summed E-state index contributed by atoms with van der Waals surface area (Å²) in [5, 5.41) is 0. The van der Waals surface area contributed by atoms with Crippen molar-refractivity contribution in [3.63, 3.8) is 0 Å². The summed E-state index contributed by atoms with van der Waals surface area (Å²) in [5.41, 5.74) is 1.42. The predicted molar refractivity (Wildman–Crippen MR) is 102 cm³/mol. The molecule has 1 aliphatic heterocycles. The third kappa shape index (κ3) is 5.23. The second kappa shape index (κ2) is 8.75. The van der Waals surface area contributed by atoms with Crippen LogP contribution in [0.15, 0.2) is 59.5 Å². The van der Waals surface area contributed by atoms with E-state index in [1.807, 2.05) is 30.3 Å². The molecule has 0 amide bonds. The highest BCUT2D eigenvalue weighted by molar-refractivity contribution is 7.89. The Morgan fingerprint density at radius 2 is 1.70 bits per heavy atom. The minimum Gasteiger partial charge on any atom is -0.370 e. The molecule has 1 saturated heterocycles. The highest BCUT2D eigenvalue weighted by Gasteiger charge is 2.26. The number of nitrogens with one attached hydrogen (secondary N) is 2. The Kier molecular flexibility index (Phi) is 6.38. The van der Waals surface area contributed by atoms with Crippen molar-refractivity contribution in [3.05, 3.63) is 65.7 Å². The molecule has 2 aromatic carbocycles. The molecule has 1 fully saturated rings. The van der Waals surface area contributed by atoms with Crippen LogP contribution < -0.4 is 9.62 Å². The Labute approximate surface area is 160 Å². The normalized spacial score (nSPS) is 16.8. The van der Waals surface area contributed by atoms with Gasteiger partial charge in [-0.1, -0.05) is 42.5 Å². The van der Waals surface area contributed by atoms with Crippen molar-refractivity contribution in [1.82, 2.24) is 4.72 Å². The molecular formula is C20H25N2O4S+. The number of Topliss-reactive ketones (excluding diaryl/α,β-unsaturated/α-hetero) is 1. The lowest BCUT2D eigenvalue weighted by molar-refractivity contribution is -0.909. The number of ketones is 1. The van der Waals surface area contributed by atoms with E-state index in [-0.39, 0.29) is 16.7 Å². The summed E-state index contributed by atoms with van der Waals surface area (Å²) in [6.07, 6.45) is 0. The van der Waals surface area contributed by atoms with Crippen molar-refractivity contribution in [2.24, 2.45) is 0 Å². The van der Waals surface area contributed by atoms with Gasteiger partial charge in [-0.3, -0.25) is 4.79 Å². The number of rotatable bonds is 7. The van der Waals surface area contributed by atoms with Crippen LogP contribution in [0.4, 0.5) is 0 Å². The Bertz CT molecular complexity index is 861. The number of carbonyl (C=O) groups excluding carboxylic acids is 1. The van der Waals surface area contributed by atoms with Crippen LogP contribution in [0.1, 0.15) is 28.9 Å². The summed E-state index contributed by atoms with van der Waals surface area (Å²) in [5.74, 6) is -0.0926. The standard InChI is InChI=1S/C20H24N2O4S/c1-16(23)17-7-9-19(10-8-17)27(24,25)21-20(18-5-3-2-4-6-18)15-22-11-13-26-14-12-22/h2-10,20-21H,11-15H2,1H3/p+1/t20-/m0/s1. The Balaban J connectivity index is 1.82. The molecule has 0 bridgehead atoms. The largest absolute Gasteiger partial charge is 0.370 e. The predicted octanol–water partition coefficient (Wildman–Crippen LogP) is 0.824. The molecule has 6 nitrogen and oxygen atoms in total. The number of ether oxygens (including phenoxy) is 1. The highest BCUT2D eigenvalue weighted by Crippen LogP contribution is 2.17. The third-order valence-electron chi connectivity index (χ3n) is 4.76. The van der Waals surface area contributed by atoms with Crippen LogP contribution in [0, 0.1) is 0 Å². The number of carbonyl (C=O) groups is 1. The fraction of sp³-hybridized carbons (Fsp3) is 0.350. The van der Waals surface area contributed by atoms with Crippen LogP contribution in [0.2, 0.25) is 0 Å². The fourth-order valence-corrected chi connectivity index (χ4v) is 4.41. The molecule has 27 heavy (non-hydrogen) atoms. The van der Waals surface area contributed by atoms with Gasteiger partial charge in [-0.05, 0) is 24.6 Å². The molecule has 144 valence electrons. The van der Waals surface area contributed by atoms with Gasteiger partial charge in [0.05, 0.1) is 30.7 Å². The van der Waals surface area contributed by atoms with Crippen LogP contribution in [-0.4, -0.2) is 47.0 Å². The number of benzene rings is 2. The van der Waals surface area contributed by atoms with Gasteiger partial charge in [-0.2, -0.15) is 4.72 Å². The number of morpholine rings is 1. The van der Waals surface area contributed by atoms with Gasteiger partial charge >= 0.3 is 0 Å². The van der Waals surface area contributed by atoms with E-state index in [0.29, 0.717) is 25.3 Å². The molecule has 3 rings (SSSR count). The molecule has 2 aromatic rings. The molecule has 0 unspecified atom stereocenters. The van der Waals surface area contributed by atoms with E-state index in [1.54, 1.807) is 12.1 Å². The molecular weight excluding hydrogens is 364 g/mol. The van der Waals surface area contributed by atoms with E-state index in [1.165, 1.54) is 24.0 Å². The van der Waals surface area contributed by atoms with Gasteiger partial charge in [-0.15, -0.1) is 0 Å². The summed E-state index contributed by atoms with van der Waals surface area (Å²) in [6, 6.07) is 15.3. The highest BCUT2D eigenvalue weighted by atomic mass is 32.2. The van der Waals surface area contributed by atoms with E-state index < -0.39 is 10.0 Å². The van der Waals surface area contributed by atoms with Gasteiger partial charge in [0.15, 0.2) is 5.78 Å². The molecule has 1 aliphatic rings. The minimum atomic E-state index is -3.71. The van der Waals surface area contributed by atoms with Crippen LogP contribution in [0.25, 0.3) is 0 Å². The Morgan fingerprint density at radius 1 is 1.07 bits per heavy atom. The van der Waals surface area contributed by atoms with Crippen molar-refractivity contribution in [2.45, 2.75) is 17.9 Å². The molecule has 1 heterocycles. The van der Waals surface area contributed by atoms with E-state index in [9.17, 15) is 13.2 Å². The van der Waals surface area contributed by atoms with Crippen LogP contribution in [0.3, 0.4) is 0 Å². The van der Waals surface area contributed by atoms with Gasteiger partial charge in [0, 0.05) is 5.56 Å². The smallest absolute Gasteiger partial charge is 0.241 e. The molecule has 0 spiro atoms. The summed E-state index contributed by atoms with van der Waals surface area (Å²) >= 11 is 0. The van der Waals surface area contributed by atoms with Gasteiger partial charge in [0.1, 0.15) is 13.1 Å². The topological polar surface area (TPSA) is 76.9 Å². The SMILES string of the molecule is CC(=O)c1ccc(S(=O)(=O)N[C@@H](C[NH+]2CCOCC2)c2ccccc2)cc1. The number of quaternary nitrogens is 1. The maximum Gasteiger partial charge on any atom is 0.241 e. The van der Waals surface area contributed by atoms with Gasteiger partial charge in [0.25, 0.3) is 0 Å². The molecule has 2 N–H and O–H groups in total. The first-order valence-electron chi connectivity index (χ1n) is 9.05. The van der Waals surface area contributed by atoms with Crippen LogP contribution >= 0.6 is 0 Å². The zero-order valence-corrected chi connectivity index (χ0v) is 16.2. The number of sulfonamides is 1. The number of hydrogen-bond acceptors (Lipinski definition) is 4. The summed E-state index contributed by atoms with van der Waals surface area (Å²) in [6.45, 7) is 5.21. The van der Waals surface area contributed by atoms with Crippen molar-refractivity contribution >= 4 is 15.8 Å². The zero-order chi connectivity index (χ0) is 19.3.